The van der Waals surface area contributed by atoms with E-state index in [0.717, 1.165) is 11.4 Å². The lowest BCUT2D eigenvalue weighted by molar-refractivity contribution is -0.124. The third kappa shape index (κ3) is 5.23. The molecule has 1 aromatic rings. The number of hydrogen-bond donors (Lipinski definition) is 3. The van der Waals surface area contributed by atoms with Crippen molar-refractivity contribution in [1.29, 1.82) is 0 Å². The number of hydrogen-bond acceptors (Lipinski definition) is 4. The summed E-state index contributed by atoms with van der Waals surface area (Å²) in [6.45, 7) is 0.321. The second kappa shape index (κ2) is 8.72. The number of guanidine groups is 1. The maximum absolute atomic E-state index is 12.3. The van der Waals surface area contributed by atoms with Crippen LogP contribution in [0.1, 0.15) is 6.42 Å². The quantitative estimate of drug-likeness (QED) is 0.568. The van der Waals surface area contributed by atoms with Gasteiger partial charge in [-0.2, -0.15) is 0 Å². The third-order valence-electron chi connectivity index (χ3n) is 3.78. The van der Waals surface area contributed by atoms with Crippen LogP contribution in [0.4, 0.5) is 10.5 Å². The van der Waals surface area contributed by atoms with Crippen molar-refractivity contribution >= 4 is 23.6 Å². The molecule has 0 bridgehead atoms. The van der Waals surface area contributed by atoms with Crippen LogP contribution in [0.3, 0.4) is 0 Å². The van der Waals surface area contributed by atoms with Gasteiger partial charge < -0.3 is 20.3 Å². The predicted molar refractivity (Wildman–Crippen MR) is 96.5 cm³/mol. The molecular weight excluding hydrogens is 322 g/mol. The first kappa shape index (κ1) is 18.3. The number of carbonyl (C=O) groups is 2. The largest absolute Gasteiger partial charge is 0.497 e. The van der Waals surface area contributed by atoms with Crippen LogP contribution in [0.15, 0.2) is 41.5 Å². The SMILES string of the molecule is CN=C(NC(=O)N(C)CC1CC=CNC1=O)Nc1ccc(OC)cc1. The van der Waals surface area contributed by atoms with E-state index < -0.39 is 0 Å². The van der Waals surface area contributed by atoms with Crippen molar-refractivity contribution in [1.82, 2.24) is 15.5 Å². The fourth-order valence-electron chi connectivity index (χ4n) is 2.32. The van der Waals surface area contributed by atoms with E-state index in [1.54, 1.807) is 39.5 Å². The molecule has 8 heteroatoms. The summed E-state index contributed by atoms with van der Waals surface area (Å²) in [6.07, 6.45) is 4.11. The molecule has 0 spiro atoms. The minimum atomic E-state index is -0.344. The summed E-state index contributed by atoms with van der Waals surface area (Å²) < 4.78 is 5.11. The molecule has 8 nitrogen and oxygen atoms in total. The molecule has 0 fully saturated rings. The zero-order chi connectivity index (χ0) is 18.2. The van der Waals surface area contributed by atoms with Gasteiger partial charge in [-0.05, 0) is 36.9 Å². The lowest BCUT2D eigenvalue weighted by Crippen LogP contribution is -2.47. The monoisotopic (exact) mass is 345 g/mol. The highest BCUT2D eigenvalue weighted by Crippen LogP contribution is 2.15. The number of nitrogens with one attached hydrogen (secondary N) is 3. The van der Waals surface area contributed by atoms with Gasteiger partial charge in [0.1, 0.15) is 5.75 Å². The Labute approximate surface area is 146 Å². The Hall–Kier alpha value is -3.03. The Morgan fingerprint density at radius 2 is 2.12 bits per heavy atom. The molecule has 0 radical (unpaired) electrons. The van der Waals surface area contributed by atoms with Gasteiger partial charge in [-0.1, -0.05) is 6.08 Å². The van der Waals surface area contributed by atoms with Crippen LogP contribution in [0.25, 0.3) is 0 Å². The van der Waals surface area contributed by atoms with Crippen molar-refractivity contribution in [3.8, 4) is 5.75 Å². The van der Waals surface area contributed by atoms with Gasteiger partial charge in [0, 0.05) is 26.3 Å². The number of ether oxygens (including phenoxy) is 1. The Kier molecular flexibility index (Phi) is 6.39. The van der Waals surface area contributed by atoms with E-state index in [1.165, 1.54) is 4.90 Å². The topological polar surface area (TPSA) is 95.1 Å². The first-order valence-corrected chi connectivity index (χ1v) is 7.89. The van der Waals surface area contributed by atoms with Crippen molar-refractivity contribution in [3.05, 3.63) is 36.5 Å². The third-order valence-corrected chi connectivity index (χ3v) is 3.78. The van der Waals surface area contributed by atoms with E-state index in [0.29, 0.717) is 18.9 Å². The number of carbonyl (C=O) groups excluding carboxylic acids is 2. The van der Waals surface area contributed by atoms with Crippen LogP contribution in [0, 0.1) is 5.92 Å². The number of aliphatic imine (C=N–C) groups is 1. The maximum Gasteiger partial charge on any atom is 0.323 e. The fourth-order valence-corrected chi connectivity index (χ4v) is 2.32. The van der Waals surface area contributed by atoms with E-state index >= 15 is 0 Å². The summed E-state index contributed by atoms with van der Waals surface area (Å²) in [6, 6.07) is 6.90. The van der Waals surface area contributed by atoms with Crippen LogP contribution in [-0.4, -0.2) is 50.5 Å². The molecule has 0 aliphatic carbocycles. The Morgan fingerprint density at radius 1 is 1.40 bits per heavy atom. The number of anilines is 1. The molecule has 25 heavy (non-hydrogen) atoms. The minimum Gasteiger partial charge on any atom is -0.497 e. The van der Waals surface area contributed by atoms with Crippen molar-refractivity contribution in [2.45, 2.75) is 6.42 Å². The summed E-state index contributed by atoms with van der Waals surface area (Å²) in [4.78, 5) is 29.6. The van der Waals surface area contributed by atoms with Crippen LogP contribution >= 0.6 is 0 Å². The van der Waals surface area contributed by atoms with Gasteiger partial charge in [0.15, 0.2) is 0 Å². The molecule has 0 saturated carbocycles. The molecule has 2 rings (SSSR count). The lowest BCUT2D eigenvalue weighted by Gasteiger charge is -2.24. The standard InChI is InChI=1S/C17H23N5O3/c1-18-16(20-13-6-8-14(25-3)9-7-13)21-17(24)22(2)11-12-5-4-10-19-15(12)23/h4,6-10,12H,5,11H2,1-3H3,(H,19,23)(H2,18,20,21,24). The Bertz CT molecular complexity index is 669. The van der Waals surface area contributed by atoms with Gasteiger partial charge in [0.25, 0.3) is 0 Å². The predicted octanol–water partition coefficient (Wildman–Crippen LogP) is 1.38. The lowest BCUT2D eigenvalue weighted by atomic mass is 10.0. The number of benzene rings is 1. The molecule has 3 N–H and O–H groups in total. The van der Waals surface area contributed by atoms with Crippen LogP contribution in [0.5, 0.6) is 5.75 Å². The number of allylic oxidation sites excluding steroid dienone is 1. The first-order chi connectivity index (χ1) is 12.0. The average molecular weight is 345 g/mol. The Morgan fingerprint density at radius 3 is 2.72 bits per heavy atom. The Balaban J connectivity index is 1.89. The van der Waals surface area contributed by atoms with E-state index in [2.05, 4.69) is 20.9 Å². The summed E-state index contributed by atoms with van der Waals surface area (Å²) >= 11 is 0. The number of methoxy groups -OCH3 is 1. The molecule has 0 aromatic heterocycles. The normalized spacial score (nSPS) is 16.8. The molecule has 1 aliphatic rings. The van der Waals surface area contributed by atoms with Crippen LogP contribution < -0.4 is 20.7 Å². The molecule has 1 aromatic carbocycles. The van der Waals surface area contributed by atoms with Gasteiger partial charge in [-0.15, -0.1) is 0 Å². The first-order valence-electron chi connectivity index (χ1n) is 7.89. The van der Waals surface area contributed by atoms with E-state index in [-0.39, 0.29) is 17.9 Å². The zero-order valence-corrected chi connectivity index (χ0v) is 14.6. The highest BCUT2D eigenvalue weighted by atomic mass is 16.5. The minimum absolute atomic E-state index is 0.0807. The number of rotatable bonds is 4. The molecule has 1 aliphatic heterocycles. The molecule has 1 heterocycles. The number of nitrogens with zero attached hydrogens (tertiary/aromatic N) is 2. The number of amides is 3. The molecule has 3 amide bonds. The second-order valence-corrected chi connectivity index (χ2v) is 5.58. The molecular formula is C17H23N5O3. The second-order valence-electron chi connectivity index (χ2n) is 5.58. The van der Waals surface area contributed by atoms with Crippen molar-refractivity contribution in [2.24, 2.45) is 10.9 Å². The molecule has 1 unspecified atom stereocenters. The summed E-state index contributed by atoms with van der Waals surface area (Å²) in [7, 11) is 4.81. The molecule has 1 atom stereocenters. The van der Waals surface area contributed by atoms with Crippen LogP contribution in [0.2, 0.25) is 0 Å². The summed E-state index contributed by atoms with van der Waals surface area (Å²) in [5.41, 5.74) is 0.765. The van der Waals surface area contributed by atoms with Gasteiger partial charge in [-0.25, -0.2) is 4.79 Å². The van der Waals surface area contributed by atoms with Gasteiger partial charge >= 0.3 is 6.03 Å². The highest BCUT2D eigenvalue weighted by Gasteiger charge is 2.23. The molecule has 0 saturated heterocycles. The van der Waals surface area contributed by atoms with Crippen LogP contribution in [-0.2, 0) is 4.79 Å². The van der Waals surface area contributed by atoms with Gasteiger partial charge in [0.2, 0.25) is 11.9 Å². The van der Waals surface area contributed by atoms with E-state index in [9.17, 15) is 9.59 Å². The smallest absolute Gasteiger partial charge is 0.323 e. The summed E-state index contributed by atoms with van der Waals surface area (Å²) in [5, 5.41) is 8.36. The number of urea groups is 1. The van der Waals surface area contributed by atoms with Gasteiger partial charge in [-0.3, -0.25) is 15.1 Å². The van der Waals surface area contributed by atoms with E-state index in [4.69, 9.17) is 4.74 Å². The molecule has 134 valence electrons. The highest BCUT2D eigenvalue weighted by molar-refractivity contribution is 6.03. The fraction of sp³-hybridized carbons (Fsp3) is 0.353. The zero-order valence-electron chi connectivity index (χ0n) is 14.6. The van der Waals surface area contributed by atoms with Crippen molar-refractivity contribution in [2.75, 3.05) is 33.1 Å². The van der Waals surface area contributed by atoms with E-state index in [1.807, 2.05) is 18.2 Å². The van der Waals surface area contributed by atoms with Gasteiger partial charge in [0.05, 0.1) is 13.0 Å². The summed E-state index contributed by atoms with van der Waals surface area (Å²) in [5.74, 6) is 0.722. The average Bonchev–Trinajstić information content (AvgIpc) is 2.63. The van der Waals surface area contributed by atoms with Crippen molar-refractivity contribution in [3.63, 3.8) is 0 Å². The van der Waals surface area contributed by atoms with Crippen molar-refractivity contribution < 1.29 is 14.3 Å². The maximum atomic E-state index is 12.3.